The molecule has 1 atom stereocenters. The van der Waals surface area contributed by atoms with Gasteiger partial charge in [0.1, 0.15) is 11.9 Å². The Labute approximate surface area is 164 Å². The second kappa shape index (κ2) is 6.90. The minimum absolute atomic E-state index is 0.0746. The summed E-state index contributed by atoms with van der Waals surface area (Å²) < 4.78 is 5.35. The van der Waals surface area contributed by atoms with Crippen LogP contribution in [-0.4, -0.2) is 20.8 Å². The molecule has 28 heavy (non-hydrogen) atoms. The van der Waals surface area contributed by atoms with E-state index in [0.717, 1.165) is 6.07 Å². The van der Waals surface area contributed by atoms with E-state index in [1.807, 2.05) is 0 Å². The van der Waals surface area contributed by atoms with E-state index in [2.05, 4.69) is 5.32 Å². The number of carbonyl (C=O) groups excluding carboxylic acids is 1. The molecule has 1 aromatic heterocycles. The maximum atomic E-state index is 13.1. The summed E-state index contributed by atoms with van der Waals surface area (Å²) in [6.07, 6.45) is 0.604. The number of benzene rings is 2. The van der Waals surface area contributed by atoms with E-state index in [1.54, 1.807) is 36.4 Å². The average molecular weight is 400 g/mol. The molecular weight excluding hydrogens is 386 g/mol. The summed E-state index contributed by atoms with van der Waals surface area (Å²) in [4.78, 5) is 25.1. The first-order chi connectivity index (χ1) is 13.5. The van der Waals surface area contributed by atoms with Crippen molar-refractivity contribution in [1.29, 1.82) is 0 Å². The van der Waals surface area contributed by atoms with E-state index >= 15 is 0 Å². The van der Waals surface area contributed by atoms with Gasteiger partial charge in [-0.3, -0.25) is 14.9 Å². The molecule has 0 spiro atoms. The minimum Gasteiger partial charge on any atom is -0.502 e. The lowest BCUT2D eigenvalue weighted by Crippen LogP contribution is -2.42. The largest absolute Gasteiger partial charge is 0.502 e. The van der Waals surface area contributed by atoms with Crippen LogP contribution >= 0.6 is 11.6 Å². The molecule has 2 N–H and O–H groups in total. The van der Waals surface area contributed by atoms with E-state index in [9.17, 15) is 20.0 Å². The molecule has 2 aromatic carbocycles. The Balaban J connectivity index is 1.86. The number of para-hydroxylation sites is 1. The predicted octanol–water partition coefficient (Wildman–Crippen LogP) is 4.31. The average Bonchev–Trinajstić information content (AvgIpc) is 3.18. The molecule has 0 bridgehead atoms. The van der Waals surface area contributed by atoms with Gasteiger partial charge in [-0.2, -0.15) is 0 Å². The summed E-state index contributed by atoms with van der Waals surface area (Å²) in [5.41, 5.74) is 0.582. The number of carbonyl (C=O) groups is 1. The summed E-state index contributed by atoms with van der Waals surface area (Å²) in [6, 6.07) is 12.8. The number of rotatable bonds is 4. The zero-order valence-corrected chi connectivity index (χ0v) is 15.1. The van der Waals surface area contributed by atoms with E-state index in [0.29, 0.717) is 17.0 Å². The lowest BCUT2D eigenvalue weighted by atomic mass is 10.0. The number of anilines is 1. The number of amides is 1. The van der Waals surface area contributed by atoms with Gasteiger partial charge >= 0.3 is 5.69 Å². The normalized spacial score (nSPS) is 15.8. The van der Waals surface area contributed by atoms with E-state index < -0.39 is 22.5 Å². The van der Waals surface area contributed by atoms with Crippen molar-refractivity contribution in [2.75, 3.05) is 5.32 Å². The Bertz CT molecular complexity index is 1070. The van der Waals surface area contributed by atoms with Gasteiger partial charge in [0, 0.05) is 22.3 Å². The third kappa shape index (κ3) is 3.03. The van der Waals surface area contributed by atoms with Crippen LogP contribution in [-0.2, 0) is 6.54 Å². The number of aromatic hydroxyl groups is 1. The highest BCUT2D eigenvalue weighted by Crippen LogP contribution is 2.42. The number of phenols is 1. The molecule has 0 radical (unpaired) electrons. The van der Waals surface area contributed by atoms with Gasteiger partial charge in [0.05, 0.1) is 23.3 Å². The van der Waals surface area contributed by atoms with Gasteiger partial charge in [-0.15, -0.1) is 0 Å². The van der Waals surface area contributed by atoms with Gasteiger partial charge in [-0.05, 0) is 30.3 Å². The quantitative estimate of drug-likeness (QED) is 0.499. The molecular formula is C19H14ClN3O5. The van der Waals surface area contributed by atoms with Crippen molar-refractivity contribution in [3.8, 4) is 5.75 Å². The zero-order chi connectivity index (χ0) is 19.8. The molecule has 2 heterocycles. The Morgan fingerprint density at radius 2 is 2.04 bits per heavy atom. The van der Waals surface area contributed by atoms with E-state index in [1.165, 1.54) is 17.2 Å². The van der Waals surface area contributed by atoms with Crippen LogP contribution in [0.3, 0.4) is 0 Å². The van der Waals surface area contributed by atoms with Crippen molar-refractivity contribution < 1.29 is 19.2 Å². The third-order valence-corrected chi connectivity index (χ3v) is 4.72. The maximum Gasteiger partial charge on any atom is 0.312 e. The Morgan fingerprint density at radius 1 is 1.25 bits per heavy atom. The number of nitro benzene ring substituents is 1. The number of nitro groups is 1. The Morgan fingerprint density at radius 3 is 2.75 bits per heavy atom. The van der Waals surface area contributed by atoms with Gasteiger partial charge in [0.25, 0.3) is 5.91 Å². The summed E-state index contributed by atoms with van der Waals surface area (Å²) >= 11 is 6.05. The van der Waals surface area contributed by atoms with Crippen molar-refractivity contribution >= 4 is 28.9 Å². The Kier molecular flexibility index (Phi) is 4.40. The van der Waals surface area contributed by atoms with Gasteiger partial charge in [-0.1, -0.05) is 23.7 Å². The summed E-state index contributed by atoms with van der Waals surface area (Å²) in [6.45, 7) is 0.0948. The third-order valence-electron chi connectivity index (χ3n) is 4.50. The van der Waals surface area contributed by atoms with Crippen LogP contribution in [0.5, 0.6) is 5.75 Å². The van der Waals surface area contributed by atoms with Crippen molar-refractivity contribution in [2.24, 2.45) is 0 Å². The second-order valence-electron chi connectivity index (χ2n) is 6.22. The molecule has 0 fully saturated rings. The SMILES string of the molecule is O=C1c2ccccc2N[C@@H](c2cc(Cl)cc([N+](=O)[O-])c2O)N1Cc1ccco1. The fraction of sp³-hybridized carbons (Fsp3) is 0.105. The van der Waals surface area contributed by atoms with Crippen LogP contribution in [0.15, 0.2) is 59.2 Å². The lowest BCUT2D eigenvalue weighted by Gasteiger charge is -2.37. The number of halogens is 1. The molecule has 1 aliphatic heterocycles. The highest BCUT2D eigenvalue weighted by atomic mass is 35.5. The molecule has 1 amide bonds. The molecule has 142 valence electrons. The number of furan rings is 1. The van der Waals surface area contributed by atoms with Crippen LogP contribution in [0.4, 0.5) is 11.4 Å². The molecule has 4 rings (SSSR count). The number of hydrogen-bond donors (Lipinski definition) is 2. The van der Waals surface area contributed by atoms with Crippen molar-refractivity contribution in [3.05, 3.63) is 86.8 Å². The first-order valence-corrected chi connectivity index (χ1v) is 8.69. The maximum absolute atomic E-state index is 13.1. The molecule has 0 saturated carbocycles. The van der Waals surface area contributed by atoms with Crippen LogP contribution in [0.2, 0.25) is 5.02 Å². The number of nitrogens with one attached hydrogen (secondary N) is 1. The van der Waals surface area contributed by atoms with Gasteiger partial charge < -0.3 is 19.7 Å². The van der Waals surface area contributed by atoms with Crippen molar-refractivity contribution in [1.82, 2.24) is 4.90 Å². The molecule has 9 heteroatoms. The smallest absolute Gasteiger partial charge is 0.312 e. The van der Waals surface area contributed by atoms with Crippen LogP contribution in [0.25, 0.3) is 0 Å². The van der Waals surface area contributed by atoms with Crippen LogP contribution < -0.4 is 5.32 Å². The van der Waals surface area contributed by atoms with E-state index in [4.69, 9.17) is 16.0 Å². The molecule has 0 saturated heterocycles. The fourth-order valence-electron chi connectivity index (χ4n) is 3.22. The summed E-state index contributed by atoms with van der Waals surface area (Å²) in [5, 5.41) is 25.0. The molecule has 3 aromatic rings. The van der Waals surface area contributed by atoms with Gasteiger partial charge in [-0.25, -0.2) is 0 Å². The predicted molar refractivity (Wildman–Crippen MR) is 101 cm³/mol. The lowest BCUT2D eigenvalue weighted by molar-refractivity contribution is -0.386. The summed E-state index contributed by atoms with van der Waals surface area (Å²) in [5.74, 6) is -0.336. The van der Waals surface area contributed by atoms with E-state index in [-0.39, 0.29) is 23.0 Å². The monoisotopic (exact) mass is 399 g/mol. The number of nitrogens with zero attached hydrogens (tertiary/aromatic N) is 2. The first-order valence-electron chi connectivity index (χ1n) is 8.31. The molecule has 1 aliphatic rings. The van der Waals surface area contributed by atoms with Crippen LogP contribution in [0, 0.1) is 10.1 Å². The highest BCUT2D eigenvalue weighted by Gasteiger charge is 2.36. The molecule has 8 nitrogen and oxygen atoms in total. The minimum atomic E-state index is -0.884. The number of phenolic OH excluding ortho intramolecular Hbond substituents is 1. The van der Waals surface area contributed by atoms with Gasteiger partial charge in [0.15, 0.2) is 0 Å². The van der Waals surface area contributed by atoms with Crippen molar-refractivity contribution in [2.45, 2.75) is 12.7 Å². The number of hydrogen-bond acceptors (Lipinski definition) is 6. The second-order valence-corrected chi connectivity index (χ2v) is 6.66. The van der Waals surface area contributed by atoms with Crippen LogP contribution in [0.1, 0.15) is 27.8 Å². The fourth-order valence-corrected chi connectivity index (χ4v) is 3.45. The standard InChI is InChI=1S/C19H14ClN3O5/c20-11-8-14(17(24)16(9-11)23(26)27)18-21-15-6-2-1-5-13(15)19(25)22(18)10-12-4-3-7-28-12/h1-9,18,21,24H,10H2/t18-/m1/s1. The first kappa shape index (κ1) is 17.9. The zero-order valence-electron chi connectivity index (χ0n) is 14.3. The molecule has 0 aliphatic carbocycles. The number of fused-ring (bicyclic) bond motifs is 1. The Hall–Kier alpha value is -3.52. The topological polar surface area (TPSA) is 109 Å². The highest BCUT2D eigenvalue weighted by molar-refractivity contribution is 6.31. The van der Waals surface area contributed by atoms with Crippen molar-refractivity contribution in [3.63, 3.8) is 0 Å². The van der Waals surface area contributed by atoms with Gasteiger partial charge in [0.2, 0.25) is 5.75 Å². The molecule has 0 unspecified atom stereocenters. The summed E-state index contributed by atoms with van der Waals surface area (Å²) in [7, 11) is 0.